The van der Waals surface area contributed by atoms with E-state index < -0.39 is 12.2 Å². The van der Waals surface area contributed by atoms with E-state index in [1.807, 2.05) is 13.0 Å². The summed E-state index contributed by atoms with van der Waals surface area (Å²) in [4.78, 5) is 14.1. The number of carbonyl (C=O) groups excluding carboxylic acids is 1. The highest BCUT2D eigenvalue weighted by molar-refractivity contribution is 5.77. The Morgan fingerprint density at radius 2 is 1.97 bits per heavy atom. The molecule has 1 aliphatic carbocycles. The first-order valence-electron chi connectivity index (χ1n) is 10.5. The van der Waals surface area contributed by atoms with Crippen LogP contribution in [0.5, 0.6) is 0 Å². The van der Waals surface area contributed by atoms with Crippen molar-refractivity contribution in [2.24, 2.45) is 11.8 Å². The Morgan fingerprint density at radius 3 is 2.66 bits per heavy atom. The summed E-state index contributed by atoms with van der Waals surface area (Å²) in [5.74, 6) is 0.576. The van der Waals surface area contributed by atoms with Gasteiger partial charge >= 0.3 is 12.1 Å². The lowest BCUT2D eigenvalue weighted by atomic mass is 9.93. The van der Waals surface area contributed by atoms with E-state index in [4.69, 9.17) is 4.74 Å². The molecule has 0 saturated carbocycles. The van der Waals surface area contributed by atoms with E-state index in [0.29, 0.717) is 24.9 Å². The first kappa shape index (κ1) is 22.1. The molecular formula is C22H31F3N2O2. The Morgan fingerprint density at radius 1 is 1.24 bits per heavy atom. The average molecular weight is 412 g/mol. The van der Waals surface area contributed by atoms with Gasteiger partial charge in [0.15, 0.2) is 0 Å². The number of nitrogens with zero attached hydrogens (tertiary/aromatic N) is 1. The van der Waals surface area contributed by atoms with Gasteiger partial charge in [-0.1, -0.05) is 32.0 Å². The van der Waals surface area contributed by atoms with Crippen LogP contribution >= 0.6 is 0 Å². The number of hydrogen-bond donors (Lipinski definition) is 1. The van der Waals surface area contributed by atoms with Crippen LogP contribution < -0.4 is 5.32 Å². The number of benzene rings is 1. The van der Waals surface area contributed by atoms with E-state index in [-0.39, 0.29) is 31.6 Å². The third-order valence-corrected chi connectivity index (χ3v) is 6.30. The van der Waals surface area contributed by atoms with Crippen molar-refractivity contribution < 1.29 is 22.7 Å². The molecule has 1 saturated heterocycles. The van der Waals surface area contributed by atoms with Crippen LogP contribution in [0.2, 0.25) is 0 Å². The van der Waals surface area contributed by atoms with Crippen LogP contribution in [-0.4, -0.2) is 55.9 Å². The highest BCUT2D eigenvalue weighted by atomic mass is 19.4. The van der Waals surface area contributed by atoms with Gasteiger partial charge in [0, 0.05) is 26.2 Å². The van der Waals surface area contributed by atoms with E-state index in [1.165, 1.54) is 11.1 Å². The number of ether oxygens (including phenoxy) is 1. The van der Waals surface area contributed by atoms with Crippen LogP contribution in [0.25, 0.3) is 0 Å². The second-order valence-corrected chi connectivity index (χ2v) is 8.68. The summed E-state index contributed by atoms with van der Waals surface area (Å²) in [6.45, 7) is 7.41. The van der Waals surface area contributed by atoms with Crippen LogP contribution in [-0.2, 0) is 22.4 Å². The third-order valence-electron chi connectivity index (χ3n) is 6.30. The molecule has 2 aliphatic rings. The molecule has 1 aliphatic heterocycles. The number of halogens is 3. The van der Waals surface area contributed by atoms with Crippen LogP contribution in [0.15, 0.2) is 18.2 Å². The number of hydrogen-bond acceptors (Lipinski definition) is 4. The van der Waals surface area contributed by atoms with Crippen molar-refractivity contribution in [1.82, 2.24) is 10.2 Å². The fraction of sp³-hybridized carbons (Fsp3) is 0.682. The largest absolute Gasteiger partial charge is 0.464 e. The highest BCUT2D eigenvalue weighted by Gasteiger charge is 2.41. The van der Waals surface area contributed by atoms with Gasteiger partial charge < -0.3 is 10.1 Å². The Bertz CT molecular complexity index is 720. The molecule has 0 radical (unpaired) electrons. The molecule has 1 aromatic carbocycles. The molecule has 3 atom stereocenters. The van der Waals surface area contributed by atoms with E-state index >= 15 is 0 Å². The van der Waals surface area contributed by atoms with Crippen LogP contribution in [0, 0.1) is 11.8 Å². The molecule has 0 aromatic heterocycles. The summed E-state index contributed by atoms with van der Waals surface area (Å²) in [5.41, 5.74) is 3.63. The topological polar surface area (TPSA) is 41.6 Å². The molecule has 1 aromatic rings. The number of piperazine rings is 1. The molecule has 29 heavy (non-hydrogen) atoms. The summed E-state index contributed by atoms with van der Waals surface area (Å²) in [6.07, 6.45) is -2.12. The van der Waals surface area contributed by atoms with E-state index in [0.717, 1.165) is 18.4 Å². The number of alkyl halides is 3. The lowest BCUT2D eigenvalue weighted by Gasteiger charge is -2.34. The predicted molar refractivity (Wildman–Crippen MR) is 106 cm³/mol. The van der Waals surface area contributed by atoms with E-state index in [1.54, 1.807) is 4.90 Å². The van der Waals surface area contributed by atoms with Gasteiger partial charge in [0.2, 0.25) is 0 Å². The zero-order chi connectivity index (χ0) is 21.2. The van der Waals surface area contributed by atoms with Crippen molar-refractivity contribution in [3.8, 4) is 0 Å². The Labute approximate surface area is 170 Å². The standard InChI is InChI=1S/C22H31F3N2O2/c1-14(2)18-11-17-5-4-16(10-19(17)12-18)15(3)21(28)29-9-8-27-7-6-26-20(13-27)22(23,24)25/h4-5,10,14-15,18,20,26H,6-9,11-13H2,1-3H3. The molecule has 0 bridgehead atoms. The molecule has 3 rings (SSSR count). The molecule has 1 N–H and O–H groups in total. The minimum absolute atomic E-state index is 0.105. The van der Waals surface area contributed by atoms with Gasteiger partial charge in [0.25, 0.3) is 0 Å². The highest BCUT2D eigenvalue weighted by Crippen LogP contribution is 2.33. The van der Waals surface area contributed by atoms with Crippen molar-refractivity contribution >= 4 is 5.97 Å². The second kappa shape index (κ2) is 9.04. The summed E-state index contributed by atoms with van der Waals surface area (Å²) < 4.78 is 43.9. The predicted octanol–water partition coefficient (Wildman–Crippen LogP) is 3.54. The number of carbonyl (C=O) groups is 1. The first-order valence-corrected chi connectivity index (χ1v) is 10.5. The van der Waals surface area contributed by atoms with Crippen LogP contribution in [0.4, 0.5) is 13.2 Å². The van der Waals surface area contributed by atoms with Gasteiger partial charge in [0.1, 0.15) is 12.6 Å². The minimum Gasteiger partial charge on any atom is -0.464 e. The maximum atomic E-state index is 12.8. The van der Waals surface area contributed by atoms with E-state index in [2.05, 4.69) is 31.3 Å². The third kappa shape index (κ3) is 5.51. The molecule has 1 fully saturated rings. The monoisotopic (exact) mass is 412 g/mol. The fourth-order valence-electron chi connectivity index (χ4n) is 4.18. The van der Waals surface area contributed by atoms with Gasteiger partial charge in [-0.3, -0.25) is 9.69 Å². The summed E-state index contributed by atoms with van der Waals surface area (Å²) >= 11 is 0. The zero-order valence-corrected chi connectivity index (χ0v) is 17.4. The van der Waals surface area contributed by atoms with Crippen LogP contribution in [0.1, 0.15) is 43.4 Å². The van der Waals surface area contributed by atoms with Crippen molar-refractivity contribution in [2.45, 2.75) is 51.7 Å². The quantitative estimate of drug-likeness (QED) is 0.726. The average Bonchev–Trinajstić information content (AvgIpc) is 3.10. The molecule has 7 heteroatoms. The Hall–Kier alpha value is -1.60. The van der Waals surface area contributed by atoms with Crippen molar-refractivity contribution in [3.05, 3.63) is 34.9 Å². The normalized spacial score (nSPS) is 23.8. The summed E-state index contributed by atoms with van der Waals surface area (Å²) in [5, 5.41) is 2.48. The SMILES string of the molecule is CC(C(=O)OCCN1CCNC(C(F)(F)F)C1)c1ccc2c(c1)CC(C(C)C)C2. The van der Waals surface area contributed by atoms with Crippen molar-refractivity contribution in [2.75, 3.05) is 32.8 Å². The minimum atomic E-state index is -4.26. The Kier molecular flexibility index (Phi) is 6.89. The number of nitrogens with one attached hydrogen (secondary N) is 1. The molecule has 0 amide bonds. The molecule has 4 nitrogen and oxygen atoms in total. The fourth-order valence-corrected chi connectivity index (χ4v) is 4.18. The maximum absolute atomic E-state index is 12.8. The van der Waals surface area contributed by atoms with E-state index in [9.17, 15) is 18.0 Å². The van der Waals surface area contributed by atoms with Gasteiger partial charge in [-0.2, -0.15) is 13.2 Å². The van der Waals surface area contributed by atoms with Gasteiger partial charge in [-0.05, 0) is 48.3 Å². The summed E-state index contributed by atoms with van der Waals surface area (Å²) in [7, 11) is 0. The zero-order valence-electron chi connectivity index (χ0n) is 17.4. The van der Waals surface area contributed by atoms with Gasteiger partial charge in [-0.15, -0.1) is 0 Å². The van der Waals surface area contributed by atoms with Crippen molar-refractivity contribution in [3.63, 3.8) is 0 Å². The lowest BCUT2D eigenvalue weighted by Crippen LogP contribution is -2.57. The smallest absolute Gasteiger partial charge is 0.405 e. The number of esters is 1. The molecule has 1 heterocycles. The van der Waals surface area contributed by atoms with Gasteiger partial charge in [0.05, 0.1) is 5.92 Å². The van der Waals surface area contributed by atoms with Crippen molar-refractivity contribution in [1.29, 1.82) is 0 Å². The molecule has 162 valence electrons. The maximum Gasteiger partial charge on any atom is 0.405 e. The summed E-state index contributed by atoms with van der Waals surface area (Å²) in [6, 6.07) is 4.72. The second-order valence-electron chi connectivity index (χ2n) is 8.68. The molecule has 0 spiro atoms. The number of fused-ring (bicyclic) bond motifs is 1. The Balaban J connectivity index is 1.49. The van der Waals surface area contributed by atoms with Crippen LogP contribution in [0.3, 0.4) is 0 Å². The molecule has 3 unspecified atom stereocenters. The lowest BCUT2D eigenvalue weighted by molar-refractivity contribution is -0.166. The number of rotatable bonds is 6. The van der Waals surface area contributed by atoms with Gasteiger partial charge in [-0.25, -0.2) is 0 Å². The first-order chi connectivity index (χ1) is 13.6. The molecular weight excluding hydrogens is 381 g/mol.